The van der Waals surface area contributed by atoms with E-state index < -0.39 is 17.3 Å². The van der Waals surface area contributed by atoms with Crippen molar-refractivity contribution in [2.45, 2.75) is 25.3 Å². The second-order valence-corrected chi connectivity index (χ2v) is 10.6. The van der Waals surface area contributed by atoms with Crippen LogP contribution < -0.4 is 15.0 Å². The third-order valence-corrected chi connectivity index (χ3v) is 7.49. The van der Waals surface area contributed by atoms with Crippen LogP contribution in [0.1, 0.15) is 30.3 Å². The standard InChI is InChI=1S/C29H32FN9O2/c1-4-41-20-14-21(26-22-16-33-35-27(22)36-39(26)17-20)19-7-8-24(32-15-19)38-12-9-29(10-13-38,18-37(2)3)34-28(40)25-23(30)6-5-11-31-25/h5-8,11,14-17H,4,9-10,12-13,18H2,1-3H3,(H,34,40)(H,35,36). The Morgan fingerprint density at radius 3 is 2.73 bits per heavy atom. The first kappa shape index (κ1) is 26.6. The van der Waals surface area contributed by atoms with Crippen LogP contribution in [-0.2, 0) is 0 Å². The van der Waals surface area contributed by atoms with Crippen LogP contribution in [0.4, 0.5) is 10.2 Å². The monoisotopic (exact) mass is 557 g/mol. The number of halogens is 1. The van der Waals surface area contributed by atoms with Gasteiger partial charge in [-0.05, 0) is 64.2 Å². The molecule has 0 atom stereocenters. The number of pyridine rings is 3. The molecule has 0 spiro atoms. The number of rotatable bonds is 8. The molecule has 0 aromatic carbocycles. The van der Waals surface area contributed by atoms with E-state index in [4.69, 9.17) is 9.72 Å². The fourth-order valence-corrected chi connectivity index (χ4v) is 5.68. The van der Waals surface area contributed by atoms with Crippen LogP contribution in [0, 0.1) is 5.82 Å². The summed E-state index contributed by atoms with van der Waals surface area (Å²) in [5, 5.41) is 15.7. The average molecular weight is 558 g/mol. The molecule has 0 aliphatic carbocycles. The third-order valence-electron chi connectivity index (χ3n) is 7.49. The van der Waals surface area contributed by atoms with Crippen LogP contribution in [0.2, 0.25) is 0 Å². The Morgan fingerprint density at radius 2 is 2.02 bits per heavy atom. The van der Waals surface area contributed by atoms with Gasteiger partial charge in [0.2, 0.25) is 0 Å². The molecule has 6 rings (SSSR count). The molecule has 2 N–H and O–H groups in total. The number of aromatic nitrogens is 6. The summed E-state index contributed by atoms with van der Waals surface area (Å²) < 4.78 is 21.9. The predicted octanol–water partition coefficient (Wildman–Crippen LogP) is 3.54. The molecule has 212 valence electrons. The molecule has 0 unspecified atom stereocenters. The molecule has 1 fully saturated rings. The summed E-state index contributed by atoms with van der Waals surface area (Å²) >= 11 is 0. The molecule has 0 saturated carbocycles. The van der Waals surface area contributed by atoms with Crippen molar-refractivity contribution >= 4 is 28.3 Å². The van der Waals surface area contributed by atoms with Gasteiger partial charge in [0.1, 0.15) is 11.6 Å². The van der Waals surface area contributed by atoms with Crippen molar-refractivity contribution in [3.8, 4) is 16.9 Å². The van der Waals surface area contributed by atoms with Crippen molar-refractivity contribution in [2.24, 2.45) is 0 Å². The lowest BCUT2D eigenvalue weighted by Gasteiger charge is -2.44. The van der Waals surface area contributed by atoms with Crippen molar-refractivity contribution < 1.29 is 13.9 Å². The number of amides is 1. The van der Waals surface area contributed by atoms with Gasteiger partial charge >= 0.3 is 0 Å². The normalized spacial score (nSPS) is 15.1. The summed E-state index contributed by atoms with van der Waals surface area (Å²) in [6.07, 6.45) is 8.30. The summed E-state index contributed by atoms with van der Waals surface area (Å²) in [6.45, 7) is 4.50. The van der Waals surface area contributed by atoms with Crippen molar-refractivity contribution in [3.63, 3.8) is 0 Å². The summed E-state index contributed by atoms with van der Waals surface area (Å²) in [5.74, 6) is 0.458. The Hall–Kier alpha value is -4.58. The summed E-state index contributed by atoms with van der Waals surface area (Å²) in [4.78, 5) is 26.0. The lowest BCUT2D eigenvalue weighted by Crippen LogP contribution is -2.60. The molecule has 41 heavy (non-hydrogen) atoms. The number of piperidine rings is 1. The highest BCUT2D eigenvalue weighted by atomic mass is 19.1. The Morgan fingerprint density at radius 1 is 1.20 bits per heavy atom. The van der Waals surface area contributed by atoms with Gasteiger partial charge in [-0.1, -0.05) is 0 Å². The van der Waals surface area contributed by atoms with Crippen LogP contribution in [0.15, 0.2) is 55.1 Å². The molecule has 1 aliphatic rings. The van der Waals surface area contributed by atoms with E-state index in [0.717, 1.165) is 33.6 Å². The van der Waals surface area contributed by atoms with Crippen LogP contribution >= 0.6 is 0 Å². The minimum atomic E-state index is -0.625. The largest absolute Gasteiger partial charge is 0.492 e. The van der Waals surface area contributed by atoms with Gasteiger partial charge in [-0.2, -0.15) is 5.10 Å². The summed E-state index contributed by atoms with van der Waals surface area (Å²) in [5.41, 5.74) is 2.83. The topological polar surface area (TPSA) is 117 Å². The zero-order chi connectivity index (χ0) is 28.6. The number of hydrogen-bond donors (Lipinski definition) is 2. The molecular formula is C29H32FN9O2. The number of nitrogens with zero attached hydrogens (tertiary/aromatic N) is 7. The van der Waals surface area contributed by atoms with E-state index in [-0.39, 0.29) is 5.69 Å². The number of carbonyl (C=O) groups excluding carboxylic acids is 1. The maximum atomic E-state index is 14.2. The molecule has 0 radical (unpaired) electrons. The molecule has 0 bridgehead atoms. The van der Waals surface area contributed by atoms with Gasteiger partial charge in [-0.15, -0.1) is 5.10 Å². The van der Waals surface area contributed by atoms with Crippen LogP contribution in [0.5, 0.6) is 5.75 Å². The van der Waals surface area contributed by atoms with Crippen LogP contribution in [0.3, 0.4) is 0 Å². The maximum absolute atomic E-state index is 14.2. The molecule has 1 saturated heterocycles. The van der Waals surface area contributed by atoms with E-state index >= 15 is 0 Å². The first-order valence-electron chi connectivity index (χ1n) is 13.6. The molecule has 1 amide bonds. The first-order chi connectivity index (χ1) is 19.9. The molecule has 6 heterocycles. The second kappa shape index (κ2) is 10.8. The minimum Gasteiger partial charge on any atom is -0.492 e. The van der Waals surface area contributed by atoms with Gasteiger partial charge < -0.3 is 19.9 Å². The van der Waals surface area contributed by atoms with E-state index in [0.29, 0.717) is 44.7 Å². The van der Waals surface area contributed by atoms with Crippen molar-refractivity contribution in [1.29, 1.82) is 0 Å². The number of hydrogen-bond acceptors (Lipinski definition) is 8. The van der Waals surface area contributed by atoms with Crippen molar-refractivity contribution in [1.82, 2.24) is 40.0 Å². The van der Waals surface area contributed by atoms with E-state index in [1.165, 1.54) is 18.3 Å². The molecular weight excluding hydrogens is 525 g/mol. The summed E-state index contributed by atoms with van der Waals surface area (Å²) in [7, 11) is 3.94. The van der Waals surface area contributed by atoms with Crippen LogP contribution in [0.25, 0.3) is 27.7 Å². The van der Waals surface area contributed by atoms with Gasteiger partial charge in [-0.25, -0.2) is 18.9 Å². The maximum Gasteiger partial charge on any atom is 0.273 e. The highest BCUT2D eigenvalue weighted by Gasteiger charge is 2.37. The SMILES string of the molecule is CCOc1cc(-c2ccc(N3CCC(CN(C)C)(NC(=O)c4ncccc4F)CC3)nc2)c2c3cn[nH]c3nn2c1. The minimum absolute atomic E-state index is 0.182. The van der Waals surface area contributed by atoms with Gasteiger partial charge in [-0.3, -0.25) is 9.89 Å². The first-order valence-corrected chi connectivity index (χ1v) is 13.6. The predicted molar refractivity (Wildman–Crippen MR) is 154 cm³/mol. The number of H-pyrrole nitrogens is 1. The van der Waals surface area contributed by atoms with E-state index in [1.807, 2.05) is 55.0 Å². The molecule has 11 nitrogen and oxygen atoms in total. The average Bonchev–Trinajstić information content (AvgIpc) is 3.55. The van der Waals surface area contributed by atoms with E-state index in [1.54, 1.807) is 6.20 Å². The van der Waals surface area contributed by atoms with Crippen molar-refractivity contribution in [3.05, 3.63) is 66.6 Å². The number of likely N-dealkylation sites (N-methyl/N-ethyl adjacent to an activating group) is 1. The Labute approximate surface area is 236 Å². The Kier molecular flexibility index (Phi) is 7.00. The number of nitrogens with one attached hydrogen (secondary N) is 2. The Bertz CT molecular complexity index is 1690. The van der Waals surface area contributed by atoms with Crippen molar-refractivity contribution in [2.75, 3.05) is 45.2 Å². The van der Waals surface area contributed by atoms with Crippen LogP contribution in [-0.4, -0.2) is 86.5 Å². The number of anilines is 1. The number of aromatic amines is 1. The van der Waals surface area contributed by atoms with Gasteiger partial charge in [0.05, 0.1) is 35.4 Å². The third kappa shape index (κ3) is 5.18. The van der Waals surface area contributed by atoms with Gasteiger partial charge in [0.25, 0.3) is 5.91 Å². The molecule has 5 aromatic heterocycles. The lowest BCUT2D eigenvalue weighted by molar-refractivity contribution is 0.0843. The highest BCUT2D eigenvalue weighted by Crippen LogP contribution is 2.34. The highest BCUT2D eigenvalue weighted by molar-refractivity contribution is 6.01. The summed E-state index contributed by atoms with van der Waals surface area (Å²) in [6, 6.07) is 8.81. The number of ether oxygens (including phenoxy) is 1. The van der Waals surface area contributed by atoms with E-state index in [9.17, 15) is 9.18 Å². The van der Waals surface area contributed by atoms with Gasteiger partial charge in [0, 0.05) is 43.2 Å². The zero-order valence-corrected chi connectivity index (χ0v) is 23.3. The Balaban J connectivity index is 1.23. The molecule has 1 aliphatic heterocycles. The molecule has 12 heteroatoms. The second-order valence-electron chi connectivity index (χ2n) is 10.6. The smallest absolute Gasteiger partial charge is 0.273 e. The quantitative estimate of drug-likeness (QED) is 0.298. The fourth-order valence-electron chi connectivity index (χ4n) is 5.68. The fraction of sp³-hybridized carbons (Fsp3) is 0.345. The lowest BCUT2D eigenvalue weighted by atomic mass is 9.86. The number of fused-ring (bicyclic) bond motifs is 3. The van der Waals surface area contributed by atoms with Gasteiger partial charge in [0.15, 0.2) is 17.2 Å². The van der Waals surface area contributed by atoms with E-state index in [2.05, 4.69) is 36.6 Å². The zero-order valence-electron chi connectivity index (χ0n) is 23.3. The number of carbonyl (C=O) groups is 1. The molecule has 5 aromatic rings.